The third kappa shape index (κ3) is 5.29. The molecular formula is C17H13Cl2FN4S. The number of rotatable bonds is 5. The molecule has 0 saturated heterocycles. The van der Waals surface area contributed by atoms with Gasteiger partial charge in [-0.3, -0.25) is 0 Å². The number of hydrogen-bond acceptors (Lipinski definition) is 4. The van der Waals surface area contributed by atoms with Crippen molar-refractivity contribution in [3.05, 3.63) is 76.5 Å². The smallest absolute Gasteiger partial charge is 0.150 e. The maximum Gasteiger partial charge on any atom is 0.150 e. The Hall–Kier alpha value is -1.89. The number of halogens is 3. The van der Waals surface area contributed by atoms with E-state index in [1.165, 1.54) is 24.2 Å². The van der Waals surface area contributed by atoms with Crippen LogP contribution >= 0.6 is 35.0 Å². The summed E-state index contributed by atoms with van der Waals surface area (Å²) in [7, 11) is 0. The average molecular weight is 395 g/mol. The SMILES string of the molecule is Fc1cc(Cl)ccc1/N=C(\Cn1cncn1)SCc1ccc(Cl)cc1. The molecule has 0 aliphatic rings. The molecular weight excluding hydrogens is 382 g/mol. The van der Waals surface area contributed by atoms with Gasteiger partial charge < -0.3 is 0 Å². The van der Waals surface area contributed by atoms with Crippen molar-refractivity contribution in [3.8, 4) is 0 Å². The zero-order valence-electron chi connectivity index (χ0n) is 12.9. The van der Waals surface area contributed by atoms with Gasteiger partial charge in [0.1, 0.15) is 18.5 Å². The molecule has 0 aliphatic heterocycles. The van der Waals surface area contributed by atoms with Gasteiger partial charge in [-0.05, 0) is 35.9 Å². The number of nitrogens with zero attached hydrogens (tertiary/aromatic N) is 4. The molecule has 8 heteroatoms. The summed E-state index contributed by atoms with van der Waals surface area (Å²) in [5.74, 6) is 0.218. The van der Waals surface area contributed by atoms with Crippen LogP contribution in [0.1, 0.15) is 5.56 Å². The number of aromatic nitrogens is 3. The molecule has 4 nitrogen and oxygen atoms in total. The quantitative estimate of drug-likeness (QED) is 0.430. The molecule has 0 spiro atoms. The van der Waals surface area contributed by atoms with Crippen LogP contribution in [0.3, 0.4) is 0 Å². The van der Waals surface area contributed by atoms with E-state index in [0.29, 0.717) is 27.4 Å². The summed E-state index contributed by atoms with van der Waals surface area (Å²) >= 11 is 13.2. The topological polar surface area (TPSA) is 43.1 Å². The lowest BCUT2D eigenvalue weighted by atomic mass is 10.2. The van der Waals surface area contributed by atoms with Gasteiger partial charge in [0, 0.05) is 15.8 Å². The zero-order chi connectivity index (χ0) is 17.6. The summed E-state index contributed by atoms with van der Waals surface area (Å²) in [6.45, 7) is 0.403. The Morgan fingerprint density at radius 1 is 1.12 bits per heavy atom. The van der Waals surface area contributed by atoms with E-state index in [1.807, 2.05) is 24.3 Å². The minimum absolute atomic E-state index is 0.239. The summed E-state index contributed by atoms with van der Waals surface area (Å²) < 4.78 is 15.7. The average Bonchev–Trinajstić information content (AvgIpc) is 3.09. The van der Waals surface area contributed by atoms with E-state index in [9.17, 15) is 4.39 Å². The molecule has 1 aromatic heterocycles. The summed E-state index contributed by atoms with van der Waals surface area (Å²) in [6.07, 6.45) is 3.04. The summed E-state index contributed by atoms with van der Waals surface area (Å²) in [6, 6.07) is 12.0. The van der Waals surface area contributed by atoms with Crippen LogP contribution in [0.25, 0.3) is 0 Å². The molecule has 0 N–H and O–H groups in total. The van der Waals surface area contributed by atoms with Crippen molar-refractivity contribution in [1.29, 1.82) is 0 Å². The number of benzene rings is 2. The maximum absolute atomic E-state index is 14.0. The van der Waals surface area contributed by atoms with Gasteiger partial charge >= 0.3 is 0 Å². The van der Waals surface area contributed by atoms with Gasteiger partial charge in [-0.15, -0.1) is 11.8 Å². The van der Waals surface area contributed by atoms with E-state index in [2.05, 4.69) is 15.1 Å². The zero-order valence-corrected chi connectivity index (χ0v) is 15.3. The monoisotopic (exact) mass is 394 g/mol. The first-order chi connectivity index (χ1) is 12.1. The second-order valence-corrected chi connectivity index (χ2v) is 7.03. The van der Waals surface area contributed by atoms with Crippen molar-refractivity contribution in [2.24, 2.45) is 4.99 Å². The highest BCUT2D eigenvalue weighted by molar-refractivity contribution is 8.13. The van der Waals surface area contributed by atoms with Crippen LogP contribution in [-0.4, -0.2) is 19.8 Å². The number of aliphatic imine (C=N–C) groups is 1. The third-order valence-electron chi connectivity index (χ3n) is 3.24. The molecule has 3 rings (SSSR count). The lowest BCUT2D eigenvalue weighted by Crippen LogP contribution is -2.08. The van der Waals surface area contributed by atoms with Gasteiger partial charge in [0.2, 0.25) is 0 Å². The normalized spacial score (nSPS) is 11.7. The van der Waals surface area contributed by atoms with E-state index in [4.69, 9.17) is 23.2 Å². The molecule has 25 heavy (non-hydrogen) atoms. The fourth-order valence-electron chi connectivity index (χ4n) is 2.02. The minimum atomic E-state index is -0.462. The van der Waals surface area contributed by atoms with Gasteiger partial charge in [0.05, 0.1) is 17.3 Å². The van der Waals surface area contributed by atoms with Crippen molar-refractivity contribution in [2.75, 3.05) is 0 Å². The molecule has 0 saturated carbocycles. The lowest BCUT2D eigenvalue weighted by Gasteiger charge is -2.08. The van der Waals surface area contributed by atoms with Crippen molar-refractivity contribution < 1.29 is 4.39 Å². The minimum Gasteiger partial charge on any atom is -0.246 e. The molecule has 0 bridgehead atoms. The third-order valence-corrected chi connectivity index (χ3v) is 4.76. The van der Waals surface area contributed by atoms with Crippen LogP contribution in [0.2, 0.25) is 10.0 Å². The van der Waals surface area contributed by atoms with Crippen molar-refractivity contribution >= 4 is 45.7 Å². The summed E-state index contributed by atoms with van der Waals surface area (Å²) in [5, 5.41) is 5.81. The Labute approximate surface area is 158 Å². The van der Waals surface area contributed by atoms with Crippen LogP contribution in [0.4, 0.5) is 10.1 Å². The van der Waals surface area contributed by atoms with Gasteiger partial charge in [-0.1, -0.05) is 35.3 Å². The molecule has 1 heterocycles. The van der Waals surface area contributed by atoms with Crippen molar-refractivity contribution in [1.82, 2.24) is 14.8 Å². The predicted octanol–water partition coefficient (Wildman–Crippen LogP) is 5.39. The molecule has 128 valence electrons. The molecule has 3 aromatic rings. The second kappa shape index (κ2) is 8.47. The molecule has 0 unspecified atom stereocenters. The van der Waals surface area contributed by atoms with Gasteiger partial charge in [-0.25, -0.2) is 19.0 Å². The highest BCUT2D eigenvalue weighted by Crippen LogP contribution is 2.25. The number of thioether (sulfide) groups is 1. The first-order valence-corrected chi connectivity index (χ1v) is 9.06. The summed E-state index contributed by atoms with van der Waals surface area (Å²) in [4.78, 5) is 8.36. The molecule has 0 aliphatic carbocycles. The van der Waals surface area contributed by atoms with Crippen LogP contribution in [0.15, 0.2) is 60.1 Å². The highest BCUT2D eigenvalue weighted by atomic mass is 35.5. The first kappa shape index (κ1) is 17.9. The molecule has 0 fully saturated rings. The standard InChI is InChI=1S/C17H13Cl2FN4S/c18-13-3-1-12(2-4-13)9-25-17(8-24-11-21-10-22-24)23-16-6-5-14(19)7-15(16)20/h1-7,10-11H,8-9H2/b23-17+. The van der Waals surface area contributed by atoms with Crippen molar-refractivity contribution in [3.63, 3.8) is 0 Å². The Bertz CT molecular complexity index is 867. The number of hydrogen-bond donors (Lipinski definition) is 0. The molecule has 2 aromatic carbocycles. The Balaban J connectivity index is 1.81. The van der Waals surface area contributed by atoms with E-state index < -0.39 is 5.82 Å². The molecule has 0 radical (unpaired) electrons. The second-order valence-electron chi connectivity index (χ2n) is 5.11. The van der Waals surface area contributed by atoms with E-state index in [1.54, 1.807) is 23.1 Å². The van der Waals surface area contributed by atoms with Crippen LogP contribution in [0, 0.1) is 5.82 Å². The fraction of sp³-hybridized carbons (Fsp3) is 0.118. The van der Waals surface area contributed by atoms with Crippen molar-refractivity contribution in [2.45, 2.75) is 12.3 Å². The maximum atomic E-state index is 14.0. The highest BCUT2D eigenvalue weighted by Gasteiger charge is 2.08. The van der Waals surface area contributed by atoms with Gasteiger partial charge in [0.25, 0.3) is 0 Å². The molecule has 0 amide bonds. The van der Waals surface area contributed by atoms with Gasteiger partial charge in [-0.2, -0.15) is 5.10 Å². The van der Waals surface area contributed by atoms with Crippen LogP contribution in [-0.2, 0) is 12.3 Å². The fourth-order valence-corrected chi connectivity index (χ4v) is 3.22. The first-order valence-electron chi connectivity index (χ1n) is 7.32. The van der Waals surface area contributed by atoms with Gasteiger partial charge in [0.15, 0.2) is 0 Å². The largest absolute Gasteiger partial charge is 0.246 e. The Morgan fingerprint density at radius 3 is 2.56 bits per heavy atom. The van der Waals surface area contributed by atoms with Crippen LogP contribution < -0.4 is 0 Å². The Kier molecular flexibility index (Phi) is 6.07. The predicted molar refractivity (Wildman–Crippen MR) is 101 cm³/mol. The lowest BCUT2D eigenvalue weighted by molar-refractivity contribution is 0.629. The van der Waals surface area contributed by atoms with E-state index >= 15 is 0 Å². The van der Waals surface area contributed by atoms with E-state index in [-0.39, 0.29) is 5.69 Å². The van der Waals surface area contributed by atoms with E-state index in [0.717, 1.165) is 5.56 Å². The van der Waals surface area contributed by atoms with Crippen LogP contribution in [0.5, 0.6) is 0 Å². The summed E-state index contributed by atoms with van der Waals surface area (Å²) in [5.41, 5.74) is 1.33. The molecule has 0 atom stereocenters. The Morgan fingerprint density at radius 2 is 1.88 bits per heavy atom.